The number of carboxylic acids is 1. The minimum Gasteiger partial charge on any atom is -0.481 e. The lowest BCUT2D eigenvalue weighted by molar-refractivity contribution is -0.145. The number of amides is 2. The molecule has 1 heterocycles. The first-order chi connectivity index (χ1) is 9.90. The normalized spacial score (nSPS) is 38.8. The smallest absolute Gasteiger partial charge is 0.308 e. The van der Waals surface area contributed by atoms with E-state index in [1.54, 1.807) is 0 Å². The van der Waals surface area contributed by atoms with Crippen molar-refractivity contribution in [3.05, 3.63) is 0 Å². The fraction of sp³-hybridized carbons (Fsp3) is 0.800. The van der Waals surface area contributed by atoms with Crippen molar-refractivity contribution in [2.45, 2.75) is 57.7 Å². The van der Waals surface area contributed by atoms with Gasteiger partial charge < -0.3 is 10.4 Å². The second-order valence-electron chi connectivity index (χ2n) is 6.84. The zero-order valence-electron chi connectivity index (χ0n) is 12.4. The molecule has 2 N–H and O–H groups in total. The molecular weight excluding hydrogens is 272 g/mol. The number of carbonyl (C=O) groups excluding carboxylic acids is 2. The average Bonchev–Trinajstić information content (AvgIpc) is 3.03. The van der Waals surface area contributed by atoms with Crippen molar-refractivity contribution >= 4 is 17.8 Å². The highest BCUT2D eigenvalue weighted by Crippen LogP contribution is 2.48. The molecule has 2 saturated carbocycles. The number of fused-ring (bicyclic) bond motifs is 2. The van der Waals surface area contributed by atoms with Gasteiger partial charge in [-0.2, -0.15) is 0 Å². The molecule has 3 aliphatic rings. The summed E-state index contributed by atoms with van der Waals surface area (Å²) in [5, 5.41) is 12.6. The van der Waals surface area contributed by atoms with Crippen LogP contribution in [0.2, 0.25) is 0 Å². The topological polar surface area (TPSA) is 86.7 Å². The number of hydrogen-bond acceptors (Lipinski definition) is 4. The predicted molar refractivity (Wildman–Crippen MR) is 74.3 cm³/mol. The molecule has 0 aromatic rings. The maximum Gasteiger partial charge on any atom is 0.308 e. The van der Waals surface area contributed by atoms with Gasteiger partial charge >= 0.3 is 5.97 Å². The number of nitrogens with zero attached hydrogens (tertiary/aromatic N) is 1. The highest BCUT2D eigenvalue weighted by atomic mass is 16.4. The summed E-state index contributed by atoms with van der Waals surface area (Å²) in [6.45, 7) is 3.63. The number of imide groups is 1. The van der Waals surface area contributed by atoms with Crippen molar-refractivity contribution in [1.82, 2.24) is 10.2 Å². The average molecular weight is 294 g/mol. The number of hydrogen-bond donors (Lipinski definition) is 2. The highest BCUT2D eigenvalue weighted by Gasteiger charge is 2.53. The van der Waals surface area contributed by atoms with Crippen LogP contribution in [-0.4, -0.2) is 45.9 Å². The summed E-state index contributed by atoms with van der Waals surface area (Å²) < 4.78 is 0. The maximum atomic E-state index is 12.3. The number of carbonyl (C=O) groups is 3. The summed E-state index contributed by atoms with van der Waals surface area (Å²) in [4.78, 5) is 37.0. The standard InChI is InChI=1S/C15H22N2O4/c1-7(2)17-11(18)6-10(14(17)19)16-13-9-4-3-8(5-9)12(13)15(20)21/h7-10,12-13,16H,3-6H2,1-2H3,(H,20,21). The van der Waals surface area contributed by atoms with Crippen LogP contribution in [0, 0.1) is 17.8 Å². The molecule has 0 aromatic carbocycles. The Morgan fingerprint density at radius 1 is 1.29 bits per heavy atom. The summed E-state index contributed by atoms with van der Waals surface area (Å²) in [7, 11) is 0. The Hall–Kier alpha value is -1.43. The second kappa shape index (κ2) is 5.09. The van der Waals surface area contributed by atoms with Crippen molar-refractivity contribution in [3.63, 3.8) is 0 Å². The zero-order valence-corrected chi connectivity index (χ0v) is 12.4. The van der Waals surface area contributed by atoms with Gasteiger partial charge in [-0.15, -0.1) is 0 Å². The van der Waals surface area contributed by atoms with Crippen molar-refractivity contribution in [1.29, 1.82) is 0 Å². The number of rotatable bonds is 4. The van der Waals surface area contributed by atoms with Crippen molar-refractivity contribution < 1.29 is 19.5 Å². The summed E-state index contributed by atoms with van der Waals surface area (Å²) in [5.41, 5.74) is 0. The SMILES string of the molecule is CC(C)N1C(=O)CC(NC2C3CCC(C3)C2C(=O)O)C1=O. The molecule has 6 heteroatoms. The van der Waals surface area contributed by atoms with E-state index < -0.39 is 17.9 Å². The van der Waals surface area contributed by atoms with E-state index in [1.165, 1.54) is 4.90 Å². The maximum absolute atomic E-state index is 12.3. The first-order valence-corrected chi connectivity index (χ1v) is 7.75. The van der Waals surface area contributed by atoms with Gasteiger partial charge in [0.05, 0.1) is 18.4 Å². The van der Waals surface area contributed by atoms with Gasteiger partial charge in [0.2, 0.25) is 11.8 Å². The Morgan fingerprint density at radius 3 is 2.52 bits per heavy atom. The Bertz CT molecular complexity index is 490. The molecule has 5 unspecified atom stereocenters. The fourth-order valence-electron chi connectivity index (χ4n) is 4.44. The molecule has 21 heavy (non-hydrogen) atoms. The molecule has 3 rings (SSSR count). The molecule has 2 bridgehead atoms. The molecule has 5 atom stereocenters. The molecule has 3 fully saturated rings. The van der Waals surface area contributed by atoms with Crippen LogP contribution in [0.25, 0.3) is 0 Å². The van der Waals surface area contributed by atoms with Crippen LogP contribution in [0.3, 0.4) is 0 Å². The second-order valence-corrected chi connectivity index (χ2v) is 6.84. The summed E-state index contributed by atoms with van der Waals surface area (Å²) in [6, 6.07) is -0.867. The van der Waals surface area contributed by atoms with Gasteiger partial charge in [-0.3, -0.25) is 19.3 Å². The number of likely N-dealkylation sites (tertiary alicyclic amines) is 1. The summed E-state index contributed by atoms with van der Waals surface area (Å²) >= 11 is 0. The molecule has 1 saturated heterocycles. The molecule has 116 valence electrons. The van der Waals surface area contributed by atoms with Gasteiger partial charge in [-0.1, -0.05) is 0 Å². The van der Waals surface area contributed by atoms with E-state index >= 15 is 0 Å². The molecule has 2 aliphatic carbocycles. The first kappa shape index (κ1) is 14.5. The van der Waals surface area contributed by atoms with Gasteiger partial charge in [0, 0.05) is 12.1 Å². The van der Waals surface area contributed by atoms with Crippen molar-refractivity contribution in [2.24, 2.45) is 17.8 Å². The summed E-state index contributed by atoms with van der Waals surface area (Å²) in [6.07, 6.45) is 3.07. The molecule has 0 radical (unpaired) electrons. The molecule has 2 amide bonds. The zero-order chi connectivity index (χ0) is 15.3. The van der Waals surface area contributed by atoms with E-state index in [1.807, 2.05) is 13.8 Å². The third-order valence-corrected chi connectivity index (χ3v) is 5.29. The van der Waals surface area contributed by atoms with Crippen molar-refractivity contribution in [3.8, 4) is 0 Å². The van der Waals surface area contributed by atoms with E-state index in [0.717, 1.165) is 19.3 Å². The quantitative estimate of drug-likeness (QED) is 0.742. The molecular formula is C15H22N2O4. The lowest BCUT2D eigenvalue weighted by Gasteiger charge is -2.31. The number of nitrogens with one attached hydrogen (secondary N) is 1. The van der Waals surface area contributed by atoms with Gasteiger partial charge in [-0.05, 0) is 44.9 Å². The van der Waals surface area contributed by atoms with Crippen LogP contribution in [0.1, 0.15) is 39.5 Å². The fourth-order valence-corrected chi connectivity index (χ4v) is 4.44. The van der Waals surface area contributed by atoms with Gasteiger partial charge in [0.1, 0.15) is 0 Å². The monoisotopic (exact) mass is 294 g/mol. The third kappa shape index (κ3) is 2.25. The Balaban J connectivity index is 1.73. The van der Waals surface area contributed by atoms with Crippen LogP contribution in [-0.2, 0) is 14.4 Å². The van der Waals surface area contributed by atoms with Crippen LogP contribution >= 0.6 is 0 Å². The Labute approximate surface area is 123 Å². The molecule has 6 nitrogen and oxygen atoms in total. The van der Waals surface area contributed by atoms with E-state index in [2.05, 4.69) is 5.32 Å². The molecule has 0 spiro atoms. The first-order valence-electron chi connectivity index (χ1n) is 7.75. The van der Waals surface area contributed by atoms with Crippen LogP contribution in [0.4, 0.5) is 0 Å². The van der Waals surface area contributed by atoms with Crippen LogP contribution in [0.15, 0.2) is 0 Å². The third-order valence-electron chi connectivity index (χ3n) is 5.29. The lowest BCUT2D eigenvalue weighted by Crippen LogP contribution is -2.51. The minimum atomic E-state index is -0.780. The van der Waals surface area contributed by atoms with Crippen molar-refractivity contribution in [2.75, 3.05) is 0 Å². The Morgan fingerprint density at radius 2 is 1.95 bits per heavy atom. The minimum absolute atomic E-state index is 0.146. The van der Waals surface area contributed by atoms with Crippen LogP contribution < -0.4 is 5.32 Å². The largest absolute Gasteiger partial charge is 0.481 e. The summed E-state index contributed by atoms with van der Waals surface area (Å²) in [5.74, 6) is -1.02. The van der Waals surface area contributed by atoms with Gasteiger partial charge in [-0.25, -0.2) is 0 Å². The predicted octanol–water partition coefficient (Wildman–Crippen LogP) is 0.611. The van der Waals surface area contributed by atoms with E-state index in [9.17, 15) is 19.5 Å². The molecule has 0 aromatic heterocycles. The number of aliphatic carboxylic acids is 1. The van der Waals surface area contributed by atoms with E-state index in [-0.39, 0.29) is 36.2 Å². The van der Waals surface area contributed by atoms with Crippen LogP contribution in [0.5, 0.6) is 0 Å². The number of carboxylic acid groups (broad SMARTS) is 1. The van der Waals surface area contributed by atoms with Gasteiger partial charge in [0.15, 0.2) is 0 Å². The van der Waals surface area contributed by atoms with Gasteiger partial charge in [0.25, 0.3) is 0 Å². The van der Waals surface area contributed by atoms with E-state index in [4.69, 9.17) is 0 Å². The Kier molecular flexibility index (Phi) is 3.51. The molecule has 1 aliphatic heterocycles. The van der Waals surface area contributed by atoms with E-state index in [0.29, 0.717) is 5.92 Å². The lowest BCUT2D eigenvalue weighted by atomic mass is 9.84. The highest BCUT2D eigenvalue weighted by molar-refractivity contribution is 6.05.